The average Bonchev–Trinajstić information content (AvgIpc) is 3.24. The van der Waals surface area contributed by atoms with Crippen LogP contribution in [0.25, 0.3) is 0 Å². The number of aliphatic carboxylic acids is 1. The van der Waals surface area contributed by atoms with Crippen molar-refractivity contribution in [2.24, 2.45) is 5.73 Å². The highest BCUT2D eigenvalue weighted by Gasteiger charge is 2.27. The normalized spacial score (nSPS) is 14.4. The van der Waals surface area contributed by atoms with Crippen molar-refractivity contribution in [1.29, 1.82) is 0 Å². The van der Waals surface area contributed by atoms with Crippen LogP contribution in [0, 0.1) is 0 Å². The van der Waals surface area contributed by atoms with E-state index >= 15 is 0 Å². The van der Waals surface area contributed by atoms with Gasteiger partial charge in [-0.05, 0) is 57.8 Å². The third-order valence-corrected chi connectivity index (χ3v) is 11.0. The van der Waals surface area contributed by atoms with Gasteiger partial charge in [-0.15, -0.1) is 0 Å². The van der Waals surface area contributed by atoms with Gasteiger partial charge in [0.15, 0.2) is 0 Å². The van der Waals surface area contributed by atoms with Crippen LogP contribution in [0.1, 0.15) is 194 Å². The first-order valence-electron chi connectivity index (χ1n) is 24.0. The van der Waals surface area contributed by atoms with Gasteiger partial charge in [0.25, 0.3) is 0 Å². The Kier molecular flexibility index (Phi) is 43.5. The fourth-order valence-electron chi connectivity index (χ4n) is 6.33. The van der Waals surface area contributed by atoms with Gasteiger partial charge in [-0.1, -0.05) is 202 Å². The maximum absolute atomic E-state index is 12.7. The second kappa shape index (κ2) is 45.4. The summed E-state index contributed by atoms with van der Waals surface area (Å²) in [5.41, 5.74) is 5.36. The number of unbranched alkanes of at least 4 members (excludes halogenated alkanes) is 19. The molecule has 0 aromatic rings. The van der Waals surface area contributed by atoms with Crippen molar-refractivity contribution in [1.82, 2.24) is 0 Å². The van der Waals surface area contributed by atoms with Crippen molar-refractivity contribution in [3.63, 3.8) is 0 Å². The van der Waals surface area contributed by atoms with Crippen LogP contribution in [0.4, 0.5) is 0 Å². The molecular formula is C50H88NO9P. The SMILES string of the molecule is CC/C=C\C/C=C\C/C=C\C/C=C\C/C=C\C/C=C\CCCOCC(COP(=O)(O)OCC(N)C(=O)O)OC(=O)CCCCCCCCCCCCCCCCCCCCC. The molecule has 4 N–H and O–H groups in total. The van der Waals surface area contributed by atoms with Crippen molar-refractivity contribution in [3.8, 4) is 0 Å². The quantitative estimate of drug-likeness (QED) is 0.0233. The number of carbonyl (C=O) groups excluding carboxylic acids is 1. The second-order valence-corrected chi connectivity index (χ2v) is 17.3. The van der Waals surface area contributed by atoms with Gasteiger partial charge in [0.2, 0.25) is 0 Å². The molecule has 0 aliphatic rings. The molecule has 0 aromatic carbocycles. The summed E-state index contributed by atoms with van der Waals surface area (Å²) in [7, 11) is -4.64. The van der Waals surface area contributed by atoms with E-state index in [1.807, 2.05) is 0 Å². The number of hydrogen-bond donors (Lipinski definition) is 3. The summed E-state index contributed by atoms with van der Waals surface area (Å²) in [5.74, 6) is -1.80. The zero-order valence-corrected chi connectivity index (χ0v) is 39.4. The van der Waals surface area contributed by atoms with Gasteiger partial charge < -0.3 is 25.2 Å². The topological polar surface area (TPSA) is 155 Å². The van der Waals surface area contributed by atoms with E-state index in [9.17, 15) is 19.0 Å². The summed E-state index contributed by atoms with van der Waals surface area (Å²) in [5, 5.41) is 8.91. The third kappa shape index (κ3) is 45.3. The fraction of sp³-hybridized carbons (Fsp3) is 0.720. The number of allylic oxidation sites excluding steroid dienone is 12. The number of esters is 1. The highest BCUT2D eigenvalue weighted by atomic mass is 31.2. The number of hydrogen-bond acceptors (Lipinski definition) is 8. The molecule has 3 atom stereocenters. The van der Waals surface area contributed by atoms with Crippen LogP contribution >= 0.6 is 7.82 Å². The lowest BCUT2D eigenvalue weighted by molar-refractivity contribution is -0.154. The van der Waals surface area contributed by atoms with Crippen LogP contribution < -0.4 is 5.73 Å². The Morgan fingerprint density at radius 1 is 0.541 bits per heavy atom. The Labute approximate surface area is 372 Å². The number of phosphoric acid groups is 1. The minimum atomic E-state index is -4.64. The molecule has 0 bridgehead atoms. The van der Waals surface area contributed by atoms with Crippen LogP contribution in [0.5, 0.6) is 0 Å². The standard InChI is InChI=1S/C50H88NO9P/c1-3-5-7-9-11-13-15-17-19-21-23-25-27-29-31-33-35-37-39-41-43-57-44-47(45-58-61(55,56)59-46-48(51)50(53)54)60-49(52)42-40-38-36-34-32-30-28-26-24-22-20-18-16-14-12-10-8-6-4-2/h5,7,11,13,17,19,23,25,29,31,35,37,47-48H,3-4,6,8-10,12,14-16,18,20-22,24,26-28,30,32-34,36,38-46,51H2,1-2H3,(H,53,54)(H,55,56)/b7-5-,13-11-,19-17-,25-23-,31-29-,37-35-. The molecule has 0 fully saturated rings. The van der Waals surface area contributed by atoms with E-state index in [0.717, 1.165) is 70.6 Å². The minimum absolute atomic E-state index is 0.0245. The van der Waals surface area contributed by atoms with Gasteiger partial charge in [-0.25, -0.2) is 4.57 Å². The number of ether oxygens (including phenoxy) is 2. The molecule has 11 heteroatoms. The minimum Gasteiger partial charge on any atom is -0.480 e. The molecule has 0 saturated heterocycles. The Bertz CT molecular complexity index is 1250. The van der Waals surface area contributed by atoms with Crippen LogP contribution in [0.2, 0.25) is 0 Å². The molecule has 0 rings (SSSR count). The Morgan fingerprint density at radius 2 is 0.934 bits per heavy atom. The van der Waals surface area contributed by atoms with E-state index in [1.165, 1.54) is 96.3 Å². The highest BCUT2D eigenvalue weighted by molar-refractivity contribution is 7.47. The number of rotatable bonds is 45. The lowest BCUT2D eigenvalue weighted by Crippen LogP contribution is -2.34. The van der Waals surface area contributed by atoms with Gasteiger partial charge >= 0.3 is 19.8 Å². The molecular weight excluding hydrogens is 790 g/mol. The summed E-state index contributed by atoms with van der Waals surface area (Å²) < 4.78 is 33.4. The molecule has 0 radical (unpaired) electrons. The first-order valence-corrected chi connectivity index (χ1v) is 25.5. The smallest absolute Gasteiger partial charge is 0.472 e. The maximum Gasteiger partial charge on any atom is 0.472 e. The van der Waals surface area contributed by atoms with Crippen molar-refractivity contribution in [2.75, 3.05) is 26.4 Å². The lowest BCUT2D eigenvalue weighted by Gasteiger charge is -2.20. The number of phosphoric ester groups is 1. The molecule has 0 aliphatic carbocycles. The van der Waals surface area contributed by atoms with Gasteiger partial charge in [0.05, 0.1) is 19.8 Å². The molecule has 10 nitrogen and oxygen atoms in total. The molecule has 0 aliphatic heterocycles. The molecule has 0 heterocycles. The largest absolute Gasteiger partial charge is 0.480 e. The predicted molar refractivity (Wildman–Crippen MR) is 254 cm³/mol. The number of carbonyl (C=O) groups is 2. The van der Waals surface area contributed by atoms with Crippen LogP contribution in [-0.2, 0) is 32.7 Å². The molecule has 0 amide bonds. The zero-order valence-electron chi connectivity index (χ0n) is 38.5. The first-order chi connectivity index (χ1) is 29.7. The van der Waals surface area contributed by atoms with E-state index < -0.39 is 45.1 Å². The van der Waals surface area contributed by atoms with Gasteiger partial charge in [0.1, 0.15) is 12.1 Å². The molecule has 0 spiro atoms. The van der Waals surface area contributed by atoms with Gasteiger partial charge in [0, 0.05) is 13.0 Å². The van der Waals surface area contributed by atoms with E-state index in [0.29, 0.717) is 13.0 Å². The van der Waals surface area contributed by atoms with Crippen molar-refractivity contribution < 1.29 is 42.7 Å². The van der Waals surface area contributed by atoms with Gasteiger partial charge in [-0.2, -0.15) is 0 Å². The number of carboxylic acid groups (broad SMARTS) is 1. The molecule has 0 saturated carbocycles. The Hall–Kier alpha value is -2.59. The van der Waals surface area contributed by atoms with Gasteiger partial charge in [-0.3, -0.25) is 18.6 Å². The van der Waals surface area contributed by atoms with E-state index in [1.54, 1.807) is 0 Å². The summed E-state index contributed by atoms with van der Waals surface area (Å²) in [6.07, 6.45) is 56.8. The predicted octanol–water partition coefficient (Wildman–Crippen LogP) is 13.8. The third-order valence-electron chi connectivity index (χ3n) is 10.0. The summed E-state index contributed by atoms with van der Waals surface area (Å²) in [4.78, 5) is 33.6. The van der Waals surface area contributed by atoms with Crippen LogP contribution in [0.15, 0.2) is 72.9 Å². The van der Waals surface area contributed by atoms with Crippen molar-refractivity contribution >= 4 is 19.8 Å². The van der Waals surface area contributed by atoms with E-state index in [-0.39, 0.29) is 13.0 Å². The lowest BCUT2D eigenvalue weighted by atomic mass is 10.0. The molecule has 61 heavy (non-hydrogen) atoms. The molecule has 0 aromatic heterocycles. The molecule has 3 unspecified atom stereocenters. The number of nitrogens with two attached hydrogens (primary N) is 1. The summed E-state index contributed by atoms with van der Waals surface area (Å²) >= 11 is 0. The Morgan fingerprint density at radius 3 is 1.36 bits per heavy atom. The molecule has 352 valence electrons. The highest BCUT2D eigenvalue weighted by Crippen LogP contribution is 2.43. The summed E-state index contributed by atoms with van der Waals surface area (Å²) in [6, 6.07) is -1.48. The second-order valence-electron chi connectivity index (χ2n) is 15.9. The zero-order chi connectivity index (χ0) is 44.8. The fourth-order valence-corrected chi connectivity index (χ4v) is 7.10. The maximum atomic E-state index is 12.7. The Balaban J connectivity index is 4.28. The van der Waals surface area contributed by atoms with E-state index in [2.05, 4.69) is 86.8 Å². The van der Waals surface area contributed by atoms with E-state index in [4.69, 9.17) is 29.4 Å². The summed E-state index contributed by atoms with van der Waals surface area (Å²) in [6.45, 7) is 3.63. The van der Waals surface area contributed by atoms with Crippen LogP contribution in [0.3, 0.4) is 0 Å². The monoisotopic (exact) mass is 878 g/mol. The average molecular weight is 878 g/mol. The number of carboxylic acids is 1. The van der Waals surface area contributed by atoms with Crippen molar-refractivity contribution in [3.05, 3.63) is 72.9 Å². The van der Waals surface area contributed by atoms with Crippen LogP contribution in [-0.4, -0.2) is 60.5 Å². The van der Waals surface area contributed by atoms with Crippen molar-refractivity contribution in [2.45, 2.75) is 206 Å². The first kappa shape index (κ1) is 58.4.